The van der Waals surface area contributed by atoms with Crippen LogP contribution in [0.4, 0.5) is 5.69 Å². The van der Waals surface area contributed by atoms with Crippen molar-refractivity contribution in [2.75, 3.05) is 18.1 Å². The van der Waals surface area contributed by atoms with E-state index in [0.717, 1.165) is 22.6 Å². The van der Waals surface area contributed by atoms with Crippen molar-refractivity contribution < 1.29 is 14.3 Å². The highest BCUT2D eigenvalue weighted by Gasteiger charge is 2.37. The van der Waals surface area contributed by atoms with Gasteiger partial charge in [-0.3, -0.25) is 9.59 Å². The predicted molar refractivity (Wildman–Crippen MR) is 92.0 cm³/mol. The number of ether oxygens (including phenoxy) is 1. The molecule has 0 aliphatic carbocycles. The number of para-hydroxylation sites is 2. The summed E-state index contributed by atoms with van der Waals surface area (Å²) in [7, 11) is 0. The van der Waals surface area contributed by atoms with E-state index in [-0.39, 0.29) is 11.8 Å². The van der Waals surface area contributed by atoms with Crippen molar-refractivity contribution in [2.24, 2.45) is 0 Å². The number of anilines is 1. The second kappa shape index (κ2) is 6.74. The van der Waals surface area contributed by atoms with Crippen LogP contribution in [0.5, 0.6) is 5.75 Å². The van der Waals surface area contributed by atoms with Crippen molar-refractivity contribution in [1.82, 2.24) is 5.32 Å². The Kier molecular flexibility index (Phi) is 4.51. The lowest BCUT2D eigenvalue weighted by Gasteiger charge is -2.19. The Morgan fingerprint density at radius 2 is 1.88 bits per heavy atom. The number of rotatable bonds is 5. The molecule has 2 amide bonds. The molecule has 0 bridgehead atoms. The quantitative estimate of drug-likeness (QED) is 0.920. The molecule has 1 aliphatic rings. The highest BCUT2D eigenvalue weighted by atomic mass is 16.5. The van der Waals surface area contributed by atoms with E-state index in [1.807, 2.05) is 55.5 Å². The van der Waals surface area contributed by atoms with E-state index in [2.05, 4.69) is 5.32 Å². The number of amides is 2. The maximum absolute atomic E-state index is 12.7. The van der Waals surface area contributed by atoms with Crippen LogP contribution >= 0.6 is 0 Å². The Labute approximate surface area is 141 Å². The summed E-state index contributed by atoms with van der Waals surface area (Å²) in [4.78, 5) is 25.7. The molecule has 0 spiro atoms. The molecule has 1 N–H and O–H groups in total. The largest absolute Gasteiger partial charge is 0.491 e. The van der Waals surface area contributed by atoms with Crippen molar-refractivity contribution in [3.63, 3.8) is 0 Å². The van der Waals surface area contributed by atoms with E-state index < -0.39 is 6.04 Å². The number of carbonyl (C=O) groups excluding carboxylic acids is 2. The Bertz CT molecular complexity index is 773. The molecule has 24 heavy (non-hydrogen) atoms. The van der Waals surface area contributed by atoms with Crippen LogP contribution in [0, 0.1) is 6.92 Å². The van der Waals surface area contributed by atoms with Gasteiger partial charge in [0.15, 0.2) is 0 Å². The molecule has 0 radical (unpaired) electrons. The SMILES string of the molecule is CC(=O)NC1C(=O)N(CCOc2ccccc2C)c2ccccc21. The molecule has 3 rings (SSSR count). The van der Waals surface area contributed by atoms with Gasteiger partial charge in [0.05, 0.1) is 6.54 Å². The lowest BCUT2D eigenvalue weighted by Crippen LogP contribution is -2.38. The van der Waals surface area contributed by atoms with E-state index >= 15 is 0 Å². The van der Waals surface area contributed by atoms with Crippen molar-refractivity contribution >= 4 is 17.5 Å². The number of nitrogens with one attached hydrogen (secondary N) is 1. The average molecular weight is 324 g/mol. The maximum Gasteiger partial charge on any atom is 0.254 e. The zero-order valence-electron chi connectivity index (χ0n) is 13.8. The Balaban J connectivity index is 1.73. The fraction of sp³-hybridized carbons (Fsp3) is 0.263. The lowest BCUT2D eigenvalue weighted by atomic mass is 10.1. The highest BCUT2D eigenvalue weighted by Crippen LogP contribution is 2.35. The summed E-state index contributed by atoms with van der Waals surface area (Å²) in [5.41, 5.74) is 2.71. The smallest absolute Gasteiger partial charge is 0.254 e. The first-order chi connectivity index (χ1) is 11.6. The minimum absolute atomic E-state index is 0.125. The Morgan fingerprint density at radius 1 is 1.17 bits per heavy atom. The third kappa shape index (κ3) is 3.11. The van der Waals surface area contributed by atoms with E-state index in [4.69, 9.17) is 4.74 Å². The normalized spacial score (nSPS) is 16.0. The summed E-state index contributed by atoms with van der Waals surface area (Å²) in [6, 6.07) is 14.7. The first kappa shape index (κ1) is 16.1. The number of hydrogen-bond acceptors (Lipinski definition) is 3. The van der Waals surface area contributed by atoms with Gasteiger partial charge >= 0.3 is 0 Å². The molecule has 5 heteroatoms. The van der Waals surface area contributed by atoms with Crippen molar-refractivity contribution in [3.8, 4) is 5.75 Å². The van der Waals surface area contributed by atoms with Crippen LogP contribution < -0.4 is 15.0 Å². The third-order valence-electron chi connectivity index (χ3n) is 4.07. The highest BCUT2D eigenvalue weighted by molar-refractivity contribution is 6.06. The minimum Gasteiger partial charge on any atom is -0.491 e. The van der Waals surface area contributed by atoms with E-state index in [1.54, 1.807) is 4.90 Å². The molecule has 0 aromatic heterocycles. The zero-order valence-corrected chi connectivity index (χ0v) is 13.8. The van der Waals surface area contributed by atoms with Gasteiger partial charge in [-0.05, 0) is 24.6 Å². The maximum atomic E-state index is 12.7. The molecule has 124 valence electrons. The number of carbonyl (C=O) groups is 2. The molecule has 5 nitrogen and oxygen atoms in total. The molecule has 0 fully saturated rings. The number of benzene rings is 2. The summed E-state index contributed by atoms with van der Waals surface area (Å²) in [5, 5.41) is 2.72. The van der Waals surface area contributed by atoms with Gasteiger partial charge in [-0.25, -0.2) is 0 Å². The van der Waals surface area contributed by atoms with Crippen LogP contribution in [-0.2, 0) is 9.59 Å². The van der Waals surface area contributed by atoms with E-state index in [1.165, 1.54) is 6.92 Å². The Morgan fingerprint density at radius 3 is 2.62 bits per heavy atom. The monoisotopic (exact) mass is 324 g/mol. The van der Waals surface area contributed by atoms with Gasteiger partial charge in [-0.15, -0.1) is 0 Å². The van der Waals surface area contributed by atoms with Gasteiger partial charge in [-0.2, -0.15) is 0 Å². The second-order valence-electron chi connectivity index (χ2n) is 5.80. The molecule has 2 aromatic carbocycles. The van der Waals surface area contributed by atoms with Gasteiger partial charge in [0, 0.05) is 18.2 Å². The van der Waals surface area contributed by atoms with Gasteiger partial charge in [-0.1, -0.05) is 36.4 Å². The molecular formula is C19H20N2O3. The summed E-state index contributed by atoms with van der Waals surface area (Å²) in [6.45, 7) is 4.22. The predicted octanol–water partition coefficient (Wildman–Crippen LogP) is 2.60. The summed E-state index contributed by atoms with van der Waals surface area (Å²) in [5.74, 6) is 0.469. The number of nitrogens with zero attached hydrogens (tertiary/aromatic N) is 1. The molecule has 0 saturated heterocycles. The number of fused-ring (bicyclic) bond motifs is 1. The molecule has 0 saturated carbocycles. The topological polar surface area (TPSA) is 58.6 Å². The number of aryl methyl sites for hydroxylation is 1. The summed E-state index contributed by atoms with van der Waals surface area (Å²) in [6.07, 6.45) is 0. The van der Waals surface area contributed by atoms with Crippen LogP contribution in [-0.4, -0.2) is 25.0 Å². The van der Waals surface area contributed by atoms with Gasteiger partial charge in [0.1, 0.15) is 18.4 Å². The number of hydrogen-bond donors (Lipinski definition) is 1. The molecule has 1 unspecified atom stereocenters. The van der Waals surface area contributed by atoms with Gasteiger partial charge in [0.2, 0.25) is 5.91 Å². The molecule has 2 aromatic rings. The van der Waals surface area contributed by atoms with Crippen molar-refractivity contribution in [3.05, 3.63) is 59.7 Å². The standard InChI is InChI=1S/C19H20N2O3/c1-13-7-3-6-10-17(13)24-12-11-21-16-9-5-4-8-15(16)18(19(21)23)20-14(2)22/h3-10,18H,11-12H2,1-2H3,(H,20,22). The van der Waals surface area contributed by atoms with Crippen LogP contribution in [0.1, 0.15) is 24.1 Å². The zero-order chi connectivity index (χ0) is 17.1. The average Bonchev–Trinajstić information content (AvgIpc) is 2.82. The summed E-state index contributed by atoms with van der Waals surface area (Å²) < 4.78 is 5.80. The Hall–Kier alpha value is -2.82. The van der Waals surface area contributed by atoms with Crippen LogP contribution in [0.25, 0.3) is 0 Å². The molecule has 1 aliphatic heterocycles. The van der Waals surface area contributed by atoms with E-state index in [0.29, 0.717) is 13.2 Å². The second-order valence-corrected chi connectivity index (χ2v) is 5.80. The van der Waals surface area contributed by atoms with Crippen LogP contribution in [0.3, 0.4) is 0 Å². The molecular weight excluding hydrogens is 304 g/mol. The van der Waals surface area contributed by atoms with Gasteiger partial charge in [0.25, 0.3) is 5.91 Å². The third-order valence-corrected chi connectivity index (χ3v) is 4.07. The molecule has 1 atom stereocenters. The minimum atomic E-state index is -0.614. The first-order valence-corrected chi connectivity index (χ1v) is 7.94. The van der Waals surface area contributed by atoms with Gasteiger partial charge < -0.3 is 15.0 Å². The summed E-state index contributed by atoms with van der Waals surface area (Å²) >= 11 is 0. The fourth-order valence-corrected chi connectivity index (χ4v) is 2.92. The van der Waals surface area contributed by atoms with Crippen molar-refractivity contribution in [2.45, 2.75) is 19.9 Å². The van der Waals surface area contributed by atoms with Crippen LogP contribution in [0.15, 0.2) is 48.5 Å². The van der Waals surface area contributed by atoms with E-state index in [9.17, 15) is 9.59 Å². The molecule has 1 heterocycles. The van der Waals surface area contributed by atoms with Crippen LogP contribution in [0.2, 0.25) is 0 Å². The first-order valence-electron chi connectivity index (χ1n) is 7.94. The lowest BCUT2D eigenvalue weighted by molar-refractivity contribution is -0.126. The van der Waals surface area contributed by atoms with Crippen molar-refractivity contribution in [1.29, 1.82) is 0 Å². The fourth-order valence-electron chi connectivity index (χ4n) is 2.92.